The zero-order chi connectivity index (χ0) is 9.49. The first-order valence-electron chi connectivity index (χ1n) is 2.97. The van der Waals surface area contributed by atoms with Crippen LogP contribution in [-0.4, -0.2) is 23.6 Å². The highest BCUT2D eigenvalue weighted by Crippen LogP contribution is 1.81. The third kappa shape index (κ3) is 41.4. The van der Waals surface area contributed by atoms with E-state index in [2.05, 4.69) is 12.3 Å². The van der Waals surface area contributed by atoms with Crippen molar-refractivity contribution in [2.24, 2.45) is 5.84 Å². The molecule has 1 atom stereocenters. The van der Waals surface area contributed by atoms with Crippen molar-refractivity contribution in [1.29, 1.82) is 0 Å². The number of hydrazine groups is 1. The number of hydrogen-bond acceptors (Lipinski definition) is 4. The highest BCUT2D eigenvalue weighted by atomic mass is 32.3. The first-order valence-corrected chi connectivity index (χ1v) is 4.37. The van der Waals surface area contributed by atoms with Gasteiger partial charge in [-0.2, -0.15) is 8.42 Å². The van der Waals surface area contributed by atoms with E-state index in [0.717, 1.165) is 6.42 Å². The van der Waals surface area contributed by atoms with Gasteiger partial charge in [0, 0.05) is 6.04 Å². The number of rotatable bonds is 2. The minimum atomic E-state index is -4.67. The Bertz CT molecular complexity index is 155. The number of hydrogen-bond donors (Lipinski definition) is 4. The highest BCUT2D eigenvalue weighted by Gasteiger charge is 1.87. The summed E-state index contributed by atoms with van der Waals surface area (Å²) in [6.07, 6.45) is 1.09. The minimum absolute atomic E-state index is 0.463. The first-order chi connectivity index (χ1) is 4.81. The van der Waals surface area contributed by atoms with Crippen molar-refractivity contribution in [3.05, 3.63) is 0 Å². The van der Waals surface area contributed by atoms with Gasteiger partial charge in [-0.1, -0.05) is 6.92 Å². The molecule has 0 rings (SSSR count). The van der Waals surface area contributed by atoms with Crippen LogP contribution in [0.3, 0.4) is 0 Å². The Kier molecular flexibility index (Phi) is 7.91. The molecule has 0 radical (unpaired) electrons. The summed E-state index contributed by atoms with van der Waals surface area (Å²) in [6.45, 7) is 4.13. The van der Waals surface area contributed by atoms with Gasteiger partial charge in [0.15, 0.2) is 0 Å². The molecule has 0 amide bonds. The molecule has 6 nitrogen and oxygen atoms in total. The Morgan fingerprint density at radius 2 is 1.82 bits per heavy atom. The van der Waals surface area contributed by atoms with Gasteiger partial charge in [-0.3, -0.25) is 20.4 Å². The normalized spacial score (nSPS) is 13.2. The molecule has 0 spiro atoms. The van der Waals surface area contributed by atoms with Crippen LogP contribution in [0.2, 0.25) is 0 Å². The molecule has 0 aromatic carbocycles. The molecular formula is C4H14N2O4S. The lowest BCUT2D eigenvalue weighted by molar-refractivity contribution is 0.381. The van der Waals surface area contributed by atoms with Crippen LogP contribution >= 0.6 is 0 Å². The fraction of sp³-hybridized carbons (Fsp3) is 1.00. The van der Waals surface area contributed by atoms with Gasteiger partial charge in [-0.15, -0.1) is 0 Å². The van der Waals surface area contributed by atoms with Crippen molar-refractivity contribution in [2.45, 2.75) is 26.3 Å². The van der Waals surface area contributed by atoms with E-state index < -0.39 is 10.4 Å². The van der Waals surface area contributed by atoms with Crippen molar-refractivity contribution in [2.75, 3.05) is 0 Å². The van der Waals surface area contributed by atoms with Crippen molar-refractivity contribution in [1.82, 2.24) is 5.43 Å². The predicted molar refractivity (Wildman–Crippen MR) is 41.3 cm³/mol. The van der Waals surface area contributed by atoms with Crippen molar-refractivity contribution < 1.29 is 17.5 Å². The van der Waals surface area contributed by atoms with Crippen LogP contribution in [0.4, 0.5) is 0 Å². The molecule has 0 saturated heterocycles. The maximum absolute atomic E-state index is 8.74. The van der Waals surface area contributed by atoms with Crippen LogP contribution in [0.1, 0.15) is 20.3 Å². The van der Waals surface area contributed by atoms with E-state index in [4.69, 9.17) is 23.4 Å². The average Bonchev–Trinajstić information content (AvgIpc) is 1.83. The van der Waals surface area contributed by atoms with Crippen molar-refractivity contribution in [3.63, 3.8) is 0 Å². The molecule has 0 aromatic heterocycles. The summed E-state index contributed by atoms with van der Waals surface area (Å²) >= 11 is 0. The summed E-state index contributed by atoms with van der Waals surface area (Å²) in [5, 5.41) is 0. The summed E-state index contributed by atoms with van der Waals surface area (Å²) in [4.78, 5) is 0. The Morgan fingerprint density at radius 3 is 1.82 bits per heavy atom. The van der Waals surface area contributed by atoms with Gasteiger partial charge in [0.25, 0.3) is 0 Å². The van der Waals surface area contributed by atoms with Crippen LogP contribution in [0.15, 0.2) is 0 Å². The maximum Gasteiger partial charge on any atom is 0.394 e. The molecule has 5 N–H and O–H groups in total. The summed E-state index contributed by atoms with van der Waals surface area (Å²) in [7, 11) is -4.67. The molecule has 0 bridgehead atoms. The van der Waals surface area contributed by atoms with Gasteiger partial charge in [-0.05, 0) is 13.3 Å². The molecular weight excluding hydrogens is 172 g/mol. The van der Waals surface area contributed by atoms with Crippen LogP contribution in [0.5, 0.6) is 0 Å². The Hall–Kier alpha value is -0.210. The third-order valence-corrected chi connectivity index (χ3v) is 0.897. The molecule has 11 heavy (non-hydrogen) atoms. The predicted octanol–water partition coefficient (Wildman–Crippen LogP) is -0.405. The fourth-order valence-electron chi connectivity index (χ4n) is 0.118. The molecule has 0 aliphatic heterocycles. The highest BCUT2D eigenvalue weighted by molar-refractivity contribution is 7.79. The minimum Gasteiger partial charge on any atom is -0.271 e. The van der Waals surface area contributed by atoms with Crippen LogP contribution < -0.4 is 11.3 Å². The number of nitrogens with two attached hydrogens (primary N) is 1. The average molecular weight is 186 g/mol. The second kappa shape index (κ2) is 6.50. The first kappa shape index (κ1) is 13.4. The lowest BCUT2D eigenvalue weighted by atomic mass is 10.3. The van der Waals surface area contributed by atoms with Crippen LogP contribution in [0, 0.1) is 0 Å². The Morgan fingerprint density at radius 1 is 1.55 bits per heavy atom. The van der Waals surface area contributed by atoms with Gasteiger partial charge < -0.3 is 0 Å². The van der Waals surface area contributed by atoms with Gasteiger partial charge in [0.1, 0.15) is 0 Å². The van der Waals surface area contributed by atoms with Crippen LogP contribution in [0.25, 0.3) is 0 Å². The largest absolute Gasteiger partial charge is 0.394 e. The summed E-state index contributed by atoms with van der Waals surface area (Å²) in [5.74, 6) is 5.03. The lowest BCUT2D eigenvalue weighted by Gasteiger charge is -2.02. The van der Waals surface area contributed by atoms with E-state index in [0.29, 0.717) is 6.04 Å². The van der Waals surface area contributed by atoms with Gasteiger partial charge >= 0.3 is 10.4 Å². The summed E-state index contributed by atoms with van der Waals surface area (Å²) in [5.41, 5.74) is 2.61. The van der Waals surface area contributed by atoms with E-state index in [1.54, 1.807) is 0 Å². The third-order valence-electron chi connectivity index (χ3n) is 0.897. The second-order valence-corrected chi connectivity index (χ2v) is 2.82. The number of nitrogens with one attached hydrogen (secondary N) is 1. The lowest BCUT2D eigenvalue weighted by Crippen LogP contribution is -2.31. The Balaban J connectivity index is 0. The molecule has 0 heterocycles. The van der Waals surface area contributed by atoms with Gasteiger partial charge in [0.2, 0.25) is 0 Å². The van der Waals surface area contributed by atoms with Crippen LogP contribution in [-0.2, 0) is 10.4 Å². The fourth-order valence-corrected chi connectivity index (χ4v) is 0.118. The molecule has 0 aliphatic carbocycles. The molecule has 0 fully saturated rings. The molecule has 0 aliphatic rings. The molecule has 70 valence electrons. The van der Waals surface area contributed by atoms with Gasteiger partial charge in [-0.25, -0.2) is 0 Å². The van der Waals surface area contributed by atoms with Crippen molar-refractivity contribution >= 4 is 10.4 Å². The van der Waals surface area contributed by atoms with E-state index in [-0.39, 0.29) is 0 Å². The smallest absolute Gasteiger partial charge is 0.271 e. The molecule has 7 heteroatoms. The maximum atomic E-state index is 8.74. The van der Waals surface area contributed by atoms with Crippen molar-refractivity contribution in [3.8, 4) is 0 Å². The molecule has 1 unspecified atom stereocenters. The van der Waals surface area contributed by atoms with E-state index in [1.165, 1.54) is 0 Å². The van der Waals surface area contributed by atoms with Gasteiger partial charge in [0.05, 0.1) is 0 Å². The summed E-state index contributed by atoms with van der Waals surface area (Å²) in [6, 6.07) is 0.463. The standard InChI is InChI=1S/C4H12N2.H2O4S/c1-3-4(2)6-5;1-5(2,3)4/h4,6H,3,5H2,1-2H3;(H2,1,2,3,4). The summed E-state index contributed by atoms with van der Waals surface area (Å²) < 4.78 is 31.6. The van der Waals surface area contributed by atoms with E-state index in [9.17, 15) is 0 Å². The zero-order valence-corrected chi connectivity index (χ0v) is 7.30. The molecule has 0 aromatic rings. The van der Waals surface area contributed by atoms with E-state index in [1.807, 2.05) is 6.92 Å². The quantitative estimate of drug-likeness (QED) is 0.265. The SMILES string of the molecule is CCC(C)NN.O=S(=O)(O)O. The second-order valence-electron chi connectivity index (χ2n) is 1.92. The molecule has 0 saturated carbocycles. The van der Waals surface area contributed by atoms with E-state index >= 15 is 0 Å². The monoisotopic (exact) mass is 186 g/mol. The Labute approximate surface area is 66.3 Å². The topological polar surface area (TPSA) is 113 Å². The zero-order valence-electron chi connectivity index (χ0n) is 6.48.